The Kier molecular flexibility index (Phi) is 3.58. The molecule has 24 heavy (non-hydrogen) atoms. The zero-order valence-corrected chi connectivity index (χ0v) is 13.9. The summed E-state index contributed by atoms with van der Waals surface area (Å²) in [6, 6.07) is 13.7. The standard InChI is InChI=1S/C19H20N4O/c1-13-20-17-5-3-4-6-18(17)23(13)19(24)21-16-8-7-14-9-10-22(2)12-15(14)11-16/h3-8,11H,9-10,12H2,1-2H3,(H,21,24). The maximum absolute atomic E-state index is 12.7. The molecule has 1 N–H and O–H groups in total. The summed E-state index contributed by atoms with van der Waals surface area (Å²) in [7, 11) is 2.12. The summed E-state index contributed by atoms with van der Waals surface area (Å²) >= 11 is 0. The van der Waals surface area contributed by atoms with Gasteiger partial charge in [0.05, 0.1) is 11.0 Å². The molecule has 1 amide bonds. The Balaban J connectivity index is 1.64. The number of fused-ring (bicyclic) bond motifs is 2. The molecule has 0 fully saturated rings. The number of likely N-dealkylation sites (N-methyl/N-ethyl adjacent to an activating group) is 1. The lowest BCUT2D eigenvalue weighted by molar-refractivity contribution is 0.253. The van der Waals surface area contributed by atoms with E-state index in [1.165, 1.54) is 11.1 Å². The first kappa shape index (κ1) is 14.9. The molecule has 5 heteroatoms. The van der Waals surface area contributed by atoms with Crippen molar-refractivity contribution in [2.45, 2.75) is 19.9 Å². The Labute approximate surface area is 140 Å². The average molecular weight is 320 g/mol. The fourth-order valence-electron chi connectivity index (χ4n) is 3.36. The second-order valence-corrected chi connectivity index (χ2v) is 6.38. The molecule has 2 heterocycles. The third-order valence-electron chi connectivity index (χ3n) is 4.59. The number of amides is 1. The number of hydrogen-bond acceptors (Lipinski definition) is 3. The van der Waals surface area contributed by atoms with Crippen LogP contribution in [0.1, 0.15) is 17.0 Å². The van der Waals surface area contributed by atoms with E-state index in [9.17, 15) is 4.79 Å². The molecule has 0 aliphatic carbocycles. The van der Waals surface area contributed by atoms with Crippen LogP contribution >= 0.6 is 0 Å². The Morgan fingerprint density at radius 3 is 2.88 bits per heavy atom. The van der Waals surface area contributed by atoms with E-state index in [1.54, 1.807) is 4.57 Å². The summed E-state index contributed by atoms with van der Waals surface area (Å²) in [6.07, 6.45) is 1.06. The normalized spacial score (nSPS) is 14.6. The molecule has 3 aromatic rings. The number of rotatable bonds is 1. The van der Waals surface area contributed by atoms with Gasteiger partial charge in [-0.2, -0.15) is 0 Å². The molecule has 1 aliphatic heterocycles. The second kappa shape index (κ2) is 5.76. The van der Waals surface area contributed by atoms with E-state index in [1.807, 2.05) is 37.3 Å². The summed E-state index contributed by atoms with van der Waals surface area (Å²) in [5.74, 6) is 0.686. The minimum absolute atomic E-state index is 0.176. The summed E-state index contributed by atoms with van der Waals surface area (Å²) in [5, 5.41) is 3.01. The Morgan fingerprint density at radius 2 is 2.00 bits per heavy atom. The maximum Gasteiger partial charge on any atom is 0.331 e. The van der Waals surface area contributed by atoms with Gasteiger partial charge >= 0.3 is 6.03 Å². The van der Waals surface area contributed by atoms with Gasteiger partial charge < -0.3 is 10.2 Å². The van der Waals surface area contributed by atoms with E-state index < -0.39 is 0 Å². The lowest BCUT2D eigenvalue weighted by Gasteiger charge is -2.25. The Bertz CT molecular complexity index is 928. The van der Waals surface area contributed by atoms with Crippen LogP contribution in [-0.4, -0.2) is 34.1 Å². The predicted molar refractivity (Wildman–Crippen MR) is 95.4 cm³/mol. The molecule has 0 bridgehead atoms. The van der Waals surface area contributed by atoms with Gasteiger partial charge in [0.25, 0.3) is 0 Å². The van der Waals surface area contributed by atoms with Crippen molar-refractivity contribution in [1.29, 1.82) is 0 Å². The third kappa shape index (κ3) is 2.57. The van der Waals surface area contributed by atoms with Gasteiger partial charge in [-0.15, -0.1) is 0 Å². The van der Waals surface area contributed by atoms with Crippen LogP contribution in [0.15, 0.2) is 42.5 Å². The molecule has 0 radical (unpaired) electrons. The zero-order chi connectivity index (χ0) is 16.7. The van der Waals surface area contributed by atoms with Gasteiger partial charge in [0, 0.05) is 18.8 Å². The number of carbonyl (C=O) groups is 1. The van der Waals surface area contributed by atoms with Crippen molar-refractivity contribution in [2.75, 3.05) is 18.9 Å². The van der Waals surface area contributed by atoms with Crippen LogP contribution in [0, 0.1) is 6.92 Å². The molecule has 2 aromatic carbocycles. The zero-order valence-electron chi connectivity index (χ0n) is 13.9. The molecule has 1 aliphatic rings. The van der Waals surface area contributed by atoms with E-state index in [-0.39, 0.29) is 6.03 Å². The number of para-hydroxylation sites is 2. The highest BCUT2D eigenvalue weighted by molar-refractivity contribution is 5.97. The van der Waals surface area contributed by atoms with Crippen LogP contribution in [-0.2, 0) is 13.0 Å². The monoisotopic (exact) mass is 320 g/mol. The van der Waals surface area contributed by atoms with Crippen molar-refractivity contribution >= 4 is 22.8 Å². The van der Waals surface area contributed by atoms with Gasteiger partial charge in [-0.1, -0.05) is 18.2 Å². The molecule has 0 saturated carbocycles. The number of nitrogens with zero attached hydrogens (tertiary/aromatic N) is 3. The van der Waals surface area contributed by atoms with E-state index in [2.05, 4.69) is 34.4 Å². The molecule has 1 aromatic heterocycles. The van der Waals surface area contributed by atoms with Crippen LogP contribution in [0.2, 0.25) is 0 Å². The minimum atomic E-state index is -0.176. The van der Waals surface area contributed by atoms with Crippen LogP contribution < -0.4 is 5.32 Å². The molecule has 0 spiro atoms. The number of aromatic nitrogens is 2. The SMILES string of the molecule is Cc1nc2ccccc2n1C(=O)Nc1ccc2c(c1)CN(C)CC2. The first-order valence-electron chi connectivity index (χ1n) is 8.17. The lowest BCUT2D eigenvalue weighted by Crippen LogP contribution is -2.27. The first-order valence-corrected chi connectivity index (χ1v) is 8.17. The molecule has 5 nitrogen and oxygen atoms in total. The molecular weight excluding hydrogens is 300 g/mol. The smallest absolute Gasteiger partial charge is 0.307 e. The van der Waals surface area contributed by atoms with Gasteiger partial charge in [-0.3, -0.25) is 0 Å². The van der Waals surface area contributed by atoms with Crippen molar-refractivity contribution in [3.8, 4) is 0 Å². The van der Waals surface area contributed by atoms with Gasteiger partial charge in [0.1, 0.15) is 5.82 Å². The first-order chi connectivity index (χ1) is 11.6. The highest BCUT2D eigenvalue weighted by atomic mass is 16.2. The average Bonchev–Trinajstić information content (AvgIpc) is 2.90. The molecule has 122 valence electrons. The third-order valence-corrected chi connectivity index (χ3v) is 4.59. The van der Waals surface area contributed by atoms with Crippen molar-refractivity contribution in [1.82, 2.24) is 14.5 Å². The molecular formula is C19H20N4O. The topological polar surface area (TPSA) is 50.2 Å². The summed E-state index contributed by atoms with van der Waals surface area (Å²) in [4.78, 5) is 19.5. The number of hydrogen-bond donors (Lipinski definition) is 1. The van der Waals surface area contributed by atoms with Crippen molar-refractivity contribution < 1.29 is 4.79 Å². The highest BCUT2D eigenvalue weighted by Gasteiger charge is 2.16. The van der Waals surface area contributed by atoms with E-state index in [4.69, 9.17) is 0 Å². The summed E-state index contributed by atoms with van der Waals surface area (Å²) < 4.78 is 1.63. The van der Waals surface area contributed by atoms with Gasteiger partial charge in [-0.05, 0) is 55.8 Å². The molecule has 0 atom stereocenters. The van der Waals surface area contributed by atoms with E-state index in [0.29, 0.717) is 5.82 Å². The largest absolute Gasteiger partial charge is 0.331 e. The van der Waals surface area contributed by atoms with Crippen LogP contribution in [0.25, 0.3) is 11.0 Å². The molecule has 0 unspecified atom stereocenters. The summed E-state index contributed by atoms with van der Waals surface area (Å²) in [5.41, 5.74) is 5.14. The lowest BCUT2D eigenvalue weighted by atomic mass is 9.99. The van der Waals surface area contributed by atoms with Gasteiger partial charge in [0.15, 0.2) is 0 Å². The fraction of sp³-hybridized carbons (Fsp3) is 0.263. The molecule has 4 rings (SSSR count). The van der Waals surface area contributed by atoms with Crippen LogP contribution in [0.3, 0.4) is 0 Å². The number of aryl methyl sites for hydroxylation is 1. The van der Waals surface area contributed by atoms with Crippen molar-refractivity contribution in [3.05, 3.63) is 59.4 Å². The van der Waals surface area contributed by atoms with Crippen molar-refractivity contribution in [2.24, 2.45) is 0 Å². The fourth-order valence-corrected chi connectivity index (χ4v) is 3.36. The molecule has 0 saturated heterocycles. The van der Waals surface area contributed by atoms with Gasteiger partial charge in [-0.25, -0.2) is 14.3 Å². The Morgan fingerprint density at radius 1 is 1.17 bits per heavy atom. The minimum Gasteiger partial charge on any atom is -0.307 e. The summed E-state index contributed by atoms with van der Waals surface area (Å²) in [6.45, 7) is 3.85. The quantitative estimate of drug-likeness (QED) is 0.747. The van der Waals surface area contributed by atoms with E-state index >= 15 is 0 Å². The Hall–Kier alpha value is -2.66. The maximum atomic E-state index is 12.7. The van der Waals surface area contributed by atoms with Crippen molar-refractivity contribution in [3.63, 3.8) is 0 Å². The number of nitrogens with one attached hydrogen (secondary N) is 1. The number of imidazole rings is 1. The second-order valence-electron chi connectivity index (χ2n) is 6.38. The predicted octanol–water partition coefficient (Wildman–Crippen LogP) is 3.41. The van der Waals surface area contributed by atoms with Crippen LogP contribution in [0.5, 0.6) is 0 Å². The van der Waals surface area contributed by atoms with Gasteiger partial charge in [0.2, 0.25) is 0 Å². The number of anilines is 1. The number of benzene rings is 2. The highest BCUT2D eigenvalue weighted by Crippen LogP contribution is 2.23. The van der Waals surface area contributed by atoms with E-state index in [0.717, 1.165) is 36.2 Å². The van der Waals surface area contributed by atoms with Crippen LogP contribution in [0.4, 0.5) is 10.5 Å². The number of carbonyl (C=O) groups excluding carboxylic acids is 1.